The summed E-state index contributed by atoms with van der Waals surface area (Å²) in [5.74, 6) is 1.29. The van der Waals surface area contributed by atoms with Crippen LogP contribution in [0.25, 0.3) is 22.1 Å². The largest absolute Gasteiger partial charge is 0.493 e. The van der Waals surface area contributed by atoms with Gasteiger partial charge in [0.1, 0.15) is 6.61 Å². The zero-order chi connectivity index (χ0) is 21.4. The van der Waals surface area contributed by atoms with E-state index in [0.717, 1.165) is 22.2 Å². The van der Waals surface area contributed by atoms with Crippen molar-refractivity contribution in [2.45, 2.75) is 13.5 Å². The van der Waals surface area contributed by atoms with Gasteiger partial charge in [-0.25, -0.2) is 9.38 Å². The van der Waals surface area contributed by atoms with E-state index in [1.807, 2.05) is 60.7 Å². The Bertz CT molecular complexity index is 1520. The summed E-state index contributed by atoms with van der Waals surface area (Å²) >= 11 is 1.38. The van der Waals surface area contributed by atoms with Gasteiger partial charge in [0, 0.05) is 0 Å². The third-order valence-corrected chi connectivity index (χ3v) is 6.08. The number of fused-ring (bicyclic) bond motifs is 3. The molecule has 0 radical (unpaired) electrons. The number of hydrogen-bond acceptors (Lipinski definition) is 5. The minimum Gasteiger partial charge on any atom is -0.493 e. The molecule has 2 aromatic heterocycles. The number of ether oxygens (including phenoxy) is 2. The molecule has 0 aliphatic rings. The highest BCUT2D eigenvalue weighted by atomic mass is 32.1. The molecule has 2 heterocycles. The maximum Gasteiger partial charge on any atom is 0.274 e. The maximum atomic E-state index is 13.0. The molecular weight excluding hydrogens is 408 g/mol. The SMILES string of the molecule is COc1cc(/C=c2\sc3nc4ccccc4n3c2=O)ccc1OCc1cccc(C)c1. The van der Waals surface area contributed by atoms with Gasteiger partial charge in [-0.05, 0) is 48.4 Å². The smallest absolute Gasteiger partial charge is 0.274 e. The number of thiazole rings is 1. The molecule has 5 aromatic rings. The van der Waals surface area contributed by atoms with Crippen LogP contribution in [-0.4, -0.2) is 16.5 Å². The molecular formula is C25H20N2O3S. The lowest BCUT2D eigenvalue weighted by atomic mass is 10.1. The van der Waals surface area contributed by atoms with E-state index >= 15 is 0 Å². The van der Waals surface area contributed by atoms with Crippen LogP contribution in [0.1, 0.15) is 16.7 Å². The maximum absolute atomic E-state index is 13.0. The molecule has 0 saturated carbocycles. The van der Waals surface area contributed by atoms with Crippen molar-refractivity contribution >= 4 is 33.4 Å². The van der Waals surface area contributed by atoms with Crippen LogP contribution in [0.3, 0.4) is 0 Å². The lowest BCUT2D eigenvalue weighted by Gasteiger charge is -2.11. The topological polar surface area (TPSA) is 52.8 Å². The summed E-state index contributed by atoms with van der Waals surface area (Å²) in [5, 5.41) is 0. The van der Waals surface area contributed by atoms with E-state index < -0.39 is 0 Å². The zero-order valence-corrected chi connectivity index (χ0v) is 18.0. The molecule has 0 spiro atoms. The second kappa shape index (κ2) is 7.89. The predicted octanol–water partition coefficient (Wildman–Crippen LogP) is 4.35. The Labute approximate surface area is 182 Å². The monoisotopic (exact) mass is 428 g/mol. The van der Waals surface area contributed by atoms with Crippen molar-refractivity contribution in [3.05, 3.63) is 98.3 Å². The second-order valence-electron chi connectivity index (χ2n) is 7.32. The van der Waals surface area contributed by atoms with Crippen LogP contribution >= 0.6 is 11.3 Å². The van der Waals surface area contributed by atoms with E-state index in [0.29, 0.717) is 27.6 Å². The molecule has 31 heavy (non-hydrogen) atoms. The molecule has 0 bridgehead atoms. The summed E-state index contributed by atoms with van der Waals surface area (Å²) < 4.78 is 13.8. The first kappa shape index (κ1) is 19.3. The van der Waals surface area contributed by atoms with Gasteiger partial charge in [0.15, 0.2) is 16.5 Å². The van der Waals surface area contributed by atoms with Crippen LogP contribution in [0.15, 0.2) is 71.5 Å². The van der Waals surface area contributed by atoms with E-state index in [1.165, 1.54) is 16.9 Å². The number of rotatable bonds is 5. The molecule has 0 unspecified atom stereocenters. The summed E-state index contributed by atoms with van der Waals surface area (Å²) in [4.78, 5) is 18.2. The van der Waals surface area contributed by atoms with Crippen molar-refractivity contribution in [2.24, 2.45) is 0 Å². The minimum absolute atomic E-state index is 0.0626. The highest BCUT2D eigenvalue weighted by Gasteiger charge is 2.11. The number of methoxy groups -OCH3 is 1. The molecule has 5 nitrogen and oxygen atoms in total. The Balaban J connectivity index is 1.47. The normalized spacial score (nSPS) is 12.0. The molecule has 0 N–H and O–H groups in total. The standard InChI is InChI=1S/C25H20N2O3S/c1-16-6-5-7-18(12-16)15-30-21-11-10-17(13-22(21)29-2)14-23-24(28)27-20-9-4-3-8-19(20)26-25(27)31-23/h3-14H,15H2,1-2H3/b23-14-. The molecule has 154 valence electrons. The van der Waals surface area contributed by atoms with E-state index in [1.54, 1.807) is 11.5 Å². The Morgan fingerprint density at radius 2 is 1.90 bits per heavy atom. The van der Waals surface area contributed by atoms with Crippen LogP contribution < -0.4 is 19.6 Å². The van der Waals surface area contributed by atoms with Gasteiger partial charge in [0.05, 0.1) is 22.7 Å². The Hall–Kier alpha value is -3.64. The van der Waals surface area contributed by atoms with Crippen LogP contribution in [0.4, 0.5) is 0 Å². The summed E-state index contributed by atoms with van der Waals surface area (Å²) in [6.07, 6.45) is 1.86. The Kier molecular flexibility index (Phi) is 4.92. The highest BCUT2D eigenvalue weighted by molar-refractivity contribution is 7.15. The van der Waals surface area contributed by atoms with Crippen molar-refractivity contribution in [3.63, 3.8) is 0 Å². The van der Waals surface area contributed by atoms with E-state index in [-0.39, 0.29) is 5.56 Å². The number of aromatic nitrogens is 2. The molecule has 0 aliphatic heterocycles. The molecule has 5 rings (SSSR count). The first-order valence-electron chi connectivity index (χ1n) is 9.90. The van der Waals surface area contributed by atoms with Gasteiger partial charge in [-0.1, -0.05) is 59.4 Å². The van der Waals surface area contributed by atoms with Crippen LogP contribution in [-0.2, 0) is 6.61 Å². The molecule has 0 saturated heterocycles. The quantitative estimate of drug-likeness (QED) is 0.418. The van der Waals surface area contributed by atoms with Crippen molar-refractivity contribution in [1.82, 2.24) is 9.38 Å². The van der Waals surface area contributed by atoms with E-state index in [4.69, 9.17) is 9.47 Å². The van der Waals surface area contributed by atoms with Gasteiger partial charge < -0.3 is 9.47 Å². The molecule has 0 fully saturated rings. The second-order valence-corrected chi connectivity index (χ2v) is 8.33. The fourth-order valence-corrected chi connectivity index (χ4v) is 4.61. The van der Waals surface area contributed by atoms with E-state index in [9.17, 15) is 4.79 Å². The van der Waals surface area contributed by atoms with Crippen molar-refractivity contribution in [1.29, 1.82) is 0 Å². The van der Waals surface area contributed by atoms with Crippen LogP contribution in [0, 0.1) is 6.92 Å². The molecule has 0 atom stereocenters. The predicted molar refractivity (Wildman–Crippen MR) is 124 cm³/mol. The fourth-order valence-electron chi connectivity index (χ4n) is 3.62. The Morgan fingerprint density at radius 3 is 2.74 bits per heavy atom. The molecule has 6 heteroatoms. The minimum atomic E-state index is -0.0626. The van der Waals surface area contributed by atoms with Crippen molar-refractivity contribution in [3.8, 4) is 11.5 Å². The zero-order valence-electron chi connectivity index (χ0n) is 17.2. The number of nitrogens with zero attached hydrogens (tertiary/aromatic N) is 2. The van der Waals surface area contributed by atoms with Crippen molar-refractivity contribution in [2.75, 3.05) is 7.11 Å². The number of benzene rings is 3. The lowest BCUT2D eigenvalue weighted by Crippen LogP contribution is -2.22. The number of hydrogen-bond donors (Lipinski definition) is 0. The summed E-state index contributed by atoms with van der Waals surface area (Å²) in [6.45, 7) is 2.52. The number of aryl methyl sites for hydroxylation is 1. The number of imidazole rings is 1. The van der Waals surface area contributed by atoms with E-state index in [2.05, 4.69) is 24.0 Å². The van der Waals surface area contributed by atoms with Crippen molar-refractivity contribution < 1.29 is 9.47 Å². The highest BCUT2D eigenvalue weighted by Crippen LogP contribution is 2.29. The average Bonchev–Trinajstić information content (AvgIpc) is 3.29. The first-order valence-corrected chi connectivity index (χ1v) is 10.7. The van der Waals surface area contributed by atoms with Gasteiger partial charge >= 0.3 is 0 Å². The fraction of sp³-hybridized carbons (Fsp3) is 0.120. The summed E-state index contributed by atoms with van der Waals surface area (Å²) in [7, 11) is 1.61. The van der Waals surface area contributed by atoms with Crippen LogP contribution in [0.2, 0.25) is 0 Å². The third kappa shape index (κ3) is 3.66. The van der Waals surface area contributed by atoms with Gasteiger partial charge in [-0.2, -0.15) is 0 Å². The van der Waals surface area contributed by atoms with Gasteiger partial charge in [-0.15, -0.1) is 0 Å². The van der Waals surface area contributed by atoms with Gasteiger partial charge in [0.25, 0.3) is 5.56 Å². The summed E-state index contributed by atoms with van der Waals surface area (Å²) in [6, 6.07) is 21.6. The molecule has 0 amide bonds. The Morgan fingerprint density at radius 1 is 1.03 bits per heavy atom. The summed E-state index contributed by atoms with van der Waals surface area (Å²) in [5.41, 5.74) is 4.76. The number of para-hydroxylation sites is 2. The average molecular weight is 429 g/mol. The lowest BCUT2D eigenvalue weighted by molar-refractivity contribution is 0.284. The van der Waals surface area contributed by atoms with Gasteiger partial charge in [0.2, 0.25) is 0 Å². The third-order valence-electron chi connectivity index (χ3n) is 5.11. The van der Waals surface area contributed by atoms with Gasteiger partial charge in [-0.3, -0.25) is 4.79 Å². The van der Waals surface area contributed by atoms with Crippen LogP contribution in [0.5, 0.6) is 11.5 Å². The first-order chi connectivity index (χ1) is 15.1. The molecule has 0 aliphatic carbocycles. The molecule has 3 aromatic carbocycles.